The highest BCUT2D eigenvalue weighted by Gasteiger charge is 2.48. The van der Waals surface area contributed by atoms with E-state index in [4.69, 9.17) is 4.74 Å². The first-order chi connectivity index (χ1) is 12.1. The number of hydrogen-bond donors (Lipinski definition) is 0. The van der Waals surface area contributed by atoms with Gasteiger partial charge in [0.2, 0.25) is 5.91 Å². The Bertz CT molecular complexity index is 587. The van der Waals surface area contributed by atoms with Crippen LogP contribution < -0.4 is 0 Å². The van der Waals surface area contributed by atoms with Crippen LogP contribution in [0.25, 0.3) is 0 Å². The van der Waals surface area contributed by atoms with Gasteiger partial charge in [-0.15, -0.1) is 0 Å². The molecule has 2 atom stereocenters. The molecule has 0 bridgehead atoms. The number of carbonyl (C=O) groups excluding carboxylic acids is 1. The molecule has 5 heteroatoms. The number of rotatable bonds is 2. The van der Waals surface area contributed by atoms with Crippen LogP contribution in [0.2, 0.25) is 0 Å². The van der Waals surface area contributed by atoms with Crippen LogP contribution in [0, 0.1) is 11.3 Å². The average molecular weight is 348 g/mol. The second kappa shape index (κ2) is 6.84. The number of fused-ring (bicyclic) bond motifs is 1. The molecule has 1 aliphatic carbocycles. The van der Waals surface area contributed by atoms with Crippen molar-refractivity contribution in [1.29, 1.82) is 0 Å². The van der Waals surface area contributed by atoms with E-state index in [1.807, 2.05) is 11.0 Å². The van der Waals surface area contributed by atoms with Gasteiger partial charge in [-0.05, 0) is 62.4 Å². The van der Waals surface area contributed by atoms with Gasteiger partial charge in [0.25, 0.3) is 0 Å². The average Bonchev–Trinajstić information content (AvgIpc) is 2.92. The summed E-state index contributed by atoms with van der Waals surface area (Å²) < 4.78 is 19.6. The predicted octanol–water partition coefficient (Wildman–Crippen LogP) is 2.91. The summed E-state index contributed by atoms with van der Waals surface area (Å²) in [5, 5.41) is 0. The second-order valence-corrected chi connectivity index (χ2v) is 8.21. The summed E-state index contributed by atoms with van der Waals surface area (Å²) in [6.45, 7) is 7.36. The fourth-order valence-corrected chi connectivity index (χ4v) is 5.11. The van der Waals surface area contributed by atoms with Gasteiger partial charge in [-0.3, -0.25) is 4.79 Å². The van der Waals surface area contributed by atoms with Gasteiger partial charge in [-0.2, -0.15) is 0 Å². The van der Waals surface area contributed by atoms with Gasteiger partial charge < -0.3 is 14.5 Å². The molecule has 1 amide bonds. The number of piperidine rings is 1. The third-order valence-corrected chi connectivity index (χ3v) is 6.53. The summed E-state index contributed by atoms with van der Waals surface area (Å²) >= 11 is 0. The van der Waals surface area contributed by atoms with Crippen LogP contribution in [0.4, 0.5) is 4.39 Å². The minimum atomic E-state index is -0.903. The third-order valence-electron chi connectivity index (χ3n) is 6.53. The smallest absolute Gasteiger partial charge is 0.223 e. The van der Waals surface area contributed by atoms with E-state index in [0.29, 0.717) is 12.3 Å². The first-order valence-electron chi connectivity index (χ1n) is 9.71. The quantitative estimate of drug-likeness (QED) is 0.769. The molecule has 4 rings (SSSR count). The summed E-state index contributed by atoms with van der Waals surface area (Å²) in [5.41, 5.74) is 2.17. The Kier molecular flexibility index (Phi) is 4.71. The highest BCUT2D eigenvalue weighted by atomic mass is 19.1. The normalized spacial score (nSPS) is 32.3. The largest absolute Gasteiger partial charge is 0.381 e. The van der Waals surface area contributed by atoms with Crippen LogP contribution in [-0.2, 0) is 9.53 Å². The predicted molar refractivity (Wildman–Crippen MR) is 94.7 cm³/mol. The van der Waals surface area contributed by atoms with Gasteiger partial charge in [-0.25, -0.2) is 4.39 Å². The van der Waals surface area contributed by atoms with Crippen LogP contribution in [0.15, 0.2) is 23.4 Å². The van der Waals surface area contributed by atoms with Crippen molar-refractivity contribution >= 4 is 5.91 Å². The number of nitrogens with zero attached hydrogens (tertiary/aromatic N) is 2. The van der Waals surface area contributed by atoms with Crippen molar-refractivity contribution in [1.82, 2.24) is 9.80 Å². The summed E-state index contributed by atoms with van der Waals surface area (Å²) in [4.78, 5) is 16.5. The number of ether oxygens (including phenoxy) is 1. The maximum absolute atomic E-state index is 14.0. The van der Waals surface area contributed by atoms with Crippen LogP contribution in [0.1, 0.15) is 39.0 Å². The fraction of sp³-hybridized carbons (Fsp3) is 0.750. The first-order valence-corrected chi connectivity index (χ1v) is 9.71. The van der Waals surface area contributed by atoms with E-state index in [-0.39, 0.29) is 11.3 Å². The molecule has 2 fully saturated rings. The molecule has 3 heterocycles. The molecule has 1 spiro atoms. The Hall–Kier alpha value is -1.20. The topological polar surface area (TPSA) is 32.8 Å². The standard InChI is InChI=1S/C20H29FN2O2/c1-15(24)23-14-20(18-11-17(21)4-5-19(18)23)6-8-22(9-7-20)12-16-3-2-10-25-13-16/h4-5,16-17H,2-3,6-14H2,1H3. The zero-order chi connectivity index (χ0) is 17.4. The summed E-state index contributed by atoms with van der Waals surface area (Å²) in [6, 6.07) is 0. The zero-order valence-electron chi connectivity index (χ0n) is 15.2. The Morgan fingerprint density at radius 3 is 2.88 bits per heavy atom. The molecule has 4 aliphatic rings. The van der Waals surface area contributed by atoms with Crippen LogP contribution in [0.5, 0.6) is 0 Å². The molecule has 2 unspecified atom stereocenters. The number of allylic oxidation sites excluding steroid dienone is 2. The number of amides is 1. The zero-order valence-corrected chi connectivity index (χ0v) is 15.2. The molecule has 0 aromatic rings. The molecule has 4 nitrogen and oxygen atoms in total. The maximum Gasteiger partial charge on any atom is 0.223 e. The number of alkyl halides is 1. The van der Waals surface area contributed by atoms with Crippen molar-refractivity contribution in [2.75, 3.05) is 39.4 Å². The van der Waals surface area contributed by atoms with Crippen molar-refractivity contribution in [2.24, 2.45) is 11.3 Å². The number of hydrogen-bond acceptors (Lipinski definition) is 3. The molecule has 0 saturated carbocycles. The van der Waals surface area contributed by atoms with E-state index < -0.39 is 6.17 Å². The maximum atomic E-state index is 14.0. The van der Waals surface area contributed by atoms with Crippen LogP contribution in [0.3, 0.4) is 0 Å². The van der Waals surface area contributed by atoms with E-state index in [9.17, 15) is 9.18 Å². The SMILES string of the molecule is CC(=O)N1CC2(CCN(CC3CCCOC3)CC2)C2=C1C=CC(F)C2. The van der Waals surface area contributed by atoms with Crippen LogP contribution in [-0.4, -0.2) is 61.3 Å². The molecule has 3 aliphatic heterocycles. The molecule has 0 radical (unpaired) electrons. The molecule has 25 heavy (non-hydrogen) atoms. The third kappa shape index (κ3) is 3.28. The van der Waals surface area contributed by atoms with Gasteiger partial charge >= 0.3 is 0 Å². The van der Waals surface area contributed by atoms with Gasteiger partial charge in [0.15, 0.2) is 0 Å². The highest BCUT2D eigenvalue weighted by molar-refractivity contribution is 5.77. The number of likely N-dealkylation sites (tertiary alicyclic amines) is 1. The van der Waals surface area contributed by atoms with E-state index in [1.54, 1.807) is 13.0 Å². The van der Waals surface area contributed by atoms with E-state index in [0.717, 1.165) is 57.9 Å². The van der Waals surface area contributed by atoms with Crippen molar-refractivity contribution in [3.05, 3.63) is 23.4 Å². The molecule has 0 aromatic heterocycles. The summed E-state index contributed by atoms with van der Waals surface area (Å²) in [5.74, 6) is 0.732. The molecular formula is C20H29FN2O2. The summed E-state index contributed by atoms with van der Waals surface area (Å²) in [7, 11) is 0. The van der Waals surface area contributed by atoms with Crippen molar-refractivity contribution in [3.63, 3.8) is 0 Å². The van der Waals surface area contributed by atoms with Crippen molar-refractivity contribution in [2.45, 2.75) is 45.2 Å². The lowest BCUT2D eigenvalue weighted by atomic mass is 9.71. The van der Waals surface area contributed by atoms with Gasteiger partial charge in [0, 0.05) is 44.2 Å². The van der Waals surface area contributed by atoms with Crippen LogP contribution >= 0.6 is 0 Å². The Morgan fingerprint density at radius 2 is 2.20 bits per heavy atom. The lowest BCUT2D eigenvalue weighted by Gasteiger charge is -2.42. The molecule has 0 aromatic carbocycles. The second-order valence-electron chi connectivity index (χ2n) is 8.21. The fourth-order valence-electron chi connectivity index (χ4n) is 5.11. The lowest BCUT2D eigenvalue weighted by molar-refractivity contribution is -0.127. The molecular weight excluding hydrogens is 319 g/mol. The Labute approximate surface area is 149 Å². The van der Waals surface area contributed by atoms with E-state index >= 15 is 0 Å². The van der Waals surface area contributed by atoms with E-state index in [2.05, 4.69) is 4.90 Å². The minimum absolute atomic E-state index is 0.00430. The van der Waals surface area contributed by atoms with Crippen molar-refractivity contribution < 1.29 is 13.9 Å². The molecule has 2 saturated heterocycles. The van der Waals surface area contributed by atoms with E-state index in [1.165, 1.54) is 18.4 Å². The number of carbonyl (C=O) groups is 1. The number of halogens is 1. The summed E-state index contributed by atoms with van der Waals surface area (Å²) in [6.07, 6.45) is 7.51. The van der Waals surface area contributed by atoms with Crippen molar-refractivity contribution in [3.8, 4) is 0 Å². The van der Waals surface area contributed by atoms with Gasteiger partial charge in [-0.1, -0.05) is 0 Å². The lowest BCUT2D eigenvalue weighted by Crippen LogP contribution is -2.46. The Balaban J connectivity index is 1.45. The Morgan fingerprint density at radius 1 is 1.40 bits per heavy atom. The highest BCUT2D eigenvalue weighted by Crippen LogP contribution is 2.50. The molecule has 0 N–H and O–H groups in total. The minimum Gasteiger partial charge on any atom is -0.381 e. The molecule has 138 valence electrons. The van der Waals surface area contributed by atoms with Gasteiger partial charge in [0.05, 0.1) is 6.61 Å². The first kappa shape index (κ1) is 17.2. The van der Waals surface area contributed by atoms with Gasteiger partial charge in [0.1, 0.15) is 6.17 Å². The monoisotopic (exact) mass is 348 g/mol.